The van der Waals surface area contributed by atoms with Crippen LogP contribution < -0.4 is 5.56 Å². The summed E-state index contributed by atoms with van der Waals surface area (Å²) >= 11 is 0. The summed E-state index contributed by atoms with van der Waals surface area (Å²) < 4.78 is 38.8. The van der Waals surface area contributed by atoms with Gasteiger partial charge in [0.25, 0.3) is 5.56 Å². The molecule has 0 fully saturated rings. The van der Waals surface area contributed by atoms with Gasteiger partial charge in [0.1, 0.15) is 5.82 Å². The average molecular weight is 428 g/mol. The van der Waals surface area contributed by atoms with Crippen molar-refractivity contribution in [3.05, 3.63) is 81.2 Å². The van der Waals surface area contributed by atoms with Crippen molar-refractivity contribution in [3.8, 4) is 11.3 Å². The quantitative estimate of drug-likeness (QED) is 0.663. The van der Waals surface area contributed by atoms with Crippen LogP contribution in [0.3, 0.4) is 0 Å². The van der Waals surface area contributed by atoms with Gasteiger partial charge in [0.15, 0.2) is 0 Å². The summed E-state index contributed by atoms with van der Waals surface area (Å²) in [5.74, 6) is 0.879. The summed E-state index contributed by atoms with van der Waals surface area (Å²) in [4.78, 5) is 26.5. The van der Waals surface area contributed by atoms with Crippen molar-refractivity contribution in [2.75, 3.05) is 6.54 Å². The Morgan fingerprint density at radius 2 is 2.00 bits per heavy atom. The summed E-state index contributed by atoms with van der Waals surface area (Å²) in [5.41, 5.74) is 2.62. The van der Waals surface area contributed by atoms with Crippen molar-refractivity contribution >= 4 is 0 Å². The molecule has 162 valence electrons. The normalized spacial score (nSPS) is 14.6. The molecule has 31 heavy (non-hydrogen) atoms. The molecule has 0 amide bonds. The fourth-order valence-corrected chi connectivity index (χ4v) is 3.71. The number of H-pyrrole nitrogens is 1. The van der Waals surface area contributed by atoms with Crippen molar-refractivity contribution in [2.45, 2.75) is 45.5 Å². The van der Waals surface area contributed by atoms with E-state index < -0.39 is 11.7 Å². The molecule has 1 aliphatic heterocycles. The number of nitrogens with zero attached hydrogens (tertiary/aromatic N) is 3. The van der Waals surface area contributed by atoms with E-state index in [2.05, 4.69) is 19.9 Å². The molecular formula is C23H23F3N4O. The number of fused-ring (bicyclic) bond motifs is 1. The number of aromatic amines is 1. The minimum Gasteiger partial charge on any atom is -0.310 e. The molecule has 4 rings (SSSR count). The van der Waals surface area contributed by atoms with Gasteiger partial charge in [-0.2, -0.15) is 13.2 Å². The molecule has 1 aromatic carbocycles. The molecule has 8 heteroatoms. The number of benzene rings is 1. The largest absolute Gasteiger partial charge is 0.416 e. The number of aromatic nitrogens is 3. The van der Waals surface area contributed by atoms with Crippen LogP contribution in [0.5, 0.6) is 0 Å². The van der Waals surface area contributed by atoms with Gasteiger partial charge in [0, 0.05) is 43.7 Å². The van der Waals surface area contributed by atoms with Gasteiger partial charge in [-0.15, -0.1) is 0 Å². The van der Waals surface area contributed by atoms with Crippen LogP contribution in [-0.2, 0) is 25.7 Å². The van der Waals surface area contributed by atoms with Crippen LogP contribution in [0, 0.1) is 0 Å². The smallest absolute Gasteiger partial charge is 0.310 e. The predicted molar refractivity (Wildman–Crippen MR) is 111 cm³/mol. The van der Waals surface area contributed by atoms with E-state index in [4.69, 9.17) is 0 Å². The second-order valence-corrected chi connectivity index (χ2v) is 8.12. The molecule has 5 nitrogen and oxygen atoms in total. The van der Waals surface area contributed by atoms with Crippen molar-refractivity contribution < 1.29 is 13.2 Å². The van der Waals surface area contributed by atoms with Crippen LogP contribution in [-0.4, -0.2) is 26.4 Å². The van der Waals surface area contributed by atoms with Crippen LogP contribution in [0.25, 0.3) is 11.3 Å². The first-order chi connectivity index (χ1) is 14.7. The summed E-state index contributed by atoms with van der Waals surface area (Å²) in [6.45, 7) is 5.87. The van der Waals surface area contributed by atoms with Gasteiger partial charge in [-0.05, 0) is 23.8 Å². The second kappa shape index (κ2) is 8.26. The highest BCUT2D eigenvalue weighted by molar-refractivity contribution is 5.60. The summed E-state index contributed by atoms with van der Waals surface area (Å²) in [7, 11) is 0. The Bertz CT molecular complexity index is 1140. The SMILES string of the molecule is CC(C)c1nc2c(c(=O)[nH]1)CN(Cc1ccc(-c3cccc(C(F)(F)F)c3)nc1)CC2. The molecular weight excluding hydrogens is 405 g/mol. The van der Waals surface area contributed by atoms with E-state index in [1.807, 2.05) is 19.9 Å². The highest BCUT2D eigenvalue weighted by Crippen LogP contribution is 2.31. The van der Waals surface area contributed by atoms with E-state index in [1.165, 1.54) is 6.07 Å². The van der Waals surface area contributed by atoms with Gasteiger partial charge < -0.3 is 4.98 Å². The third kappa shape index (κ3) is 4.69. The topological polar surface area (TPSA) is 61.9 Å². The zero-order valence-electron chi connectivity index (χ0n) is 17.3. The Morgan fingerprint density at radius 1 is 1.19 bits per heavy atom. The maximum atomic E-state index is 12.9. The van der Waals surface area contributed by atoms with Crippen molar-refractivity contribution in [2.24, 2.45) is 0 Å². The molecule has 2 aromatic heterocycles. The maximum absolute atomic E-state index is 12.9. The molecule has 0 aliphatic carbocycles. The number of rotatable bonds is 4. The molecule has 3 heterocycles. The molecule has 3 aromatic rings. The van der Waals surface area contributed by atoms with Crippen LogP contribution in [0.15, 0.2) is 47.4 Å². The second-order valence-electron chi connectivity index (χ2n) is 8.12. The lowest BCUT2D eigenvalue weighted by Gasteiger charge is -2.28. The van der Waals surface area contributed by atoms with Gasteiger partial charge in [-0.3, -0.25) is 14.7 Å². The first-order valence-corrected chi connectivity index (χ1v) is 10.2. The third-order valence-corrected chi connectivity index (χ3v) is 5.43. The number of hydrogen-bond donors (Lipinski definition) is 1. The molecule has 0 saturated carbocycles. The minimum atomic E-state index is -4.39. The number of nitrogens with one attached hydrogen (secondary N) is 1. The Morgan fingerprint density at radius 3 is 2.68 bits per heavy atom. The fourth-order valence-electron chi connectivity index (χ4n) is 3.71. The Balaban J connectivity index is 1.48. The first kappa shape index (κ1) is 21.2. The van der Waals surface area contributed by atoms with E-state index in [0.29, 0.717) is 42.2 Å². The number of pyridine rings is 1. The zero-order valence-corrected chi connectivity index (χ0v) is 17.3. The number of halogens is 3. The predicted octanol–water partition coefficient (Wildman–Crippen LogP) is 4.53. The van der Waals surface area contributed by atoms with E-state index in [1.54, 1.807) is 18.3 Å². The van der Waals surface area contributed by atoms with Gasteiger partial charge >= 0.3 is 6.18 Å². The Hall–Kier alpha value is -3.00. The minimum absolute atomic E-state index is 0.0866. The van der Waals surface area contributed by atoms with Gasteiger partial charge in [-0.1, -0.05) is 32.0 Å². The van der Waals surface area contributed by atoms with E-state index in [-0.39, 0.29) is 11.5 Å². The van der Waals surface area contributed by atoms with Crippen LogP contribution in [0.1, 0.15) is 48.0 Å². The van der Waals surface area contributed by atoms with E-state index in [9.17, 15) is 18.0 Å². The Labute approximate surface area is 178 Å². The van der Waals surface area contributed by atoms with Gasteiger partial charge in [0.2, 0.25) is 0 Å². The standard InChI is InChI=1S/C23H23F3N4O/c1-14(2)21-28-20-8-9-30(13-18(20)22(31)29-21)12-15-6-7-19(27-11-15)16-4-3-5-17(10-16)23(24,25)26/h3-7,10-11,14H,8-9,12-13H2,1-2H3,(H,28,29,31). The average Bonchev–Trinajstić information content (AvgIpc) is 2.74. The molecule has 0 radical (unpaired) electrons. The molecule has 0 bridgehead atoms. The number of hydrogen-bond acceptors (Lipinski definition) is 4. The van der Waals surface area contributed by atoms with Gasteiger partial charge in [0.05, 0.1) is 22.5 Å². The summed E-state index contributed by atoms with van der Waals surface area (Å²) in [5, 5.41) is 0. The monoisotopic (exact) mass is 428 g/mol. The third-order valence-electron chi connectivity index (χ3n) is 5.43. The first-order valence-electron chi connectivity index (χ1n) is 10.2. The molecule has 1 aliphatic rings. The van der Waals surface area contributed by atoms with Crippen LogP contribution in [0.2, 0.25) is 0 Å². The molecule has 1 N–H and O–H groups in total. The van der Waals surface area contributed by atoms with Crippen molar-refractivity contribution in [1.29, 1.82) is 0 Å². The molecule has 0 spiro atoms. The highest BCUT2D eigenvalue weighted by Gasteiger charge is 2.30. The zero-order chi connectivity index (χ0) is 22.2. The molecule has 0 atom stereocenters. The fraction of sp³-hybridized carbons (Fsp3) is 0.348. The van der Waals surface area contributed by atoms with Crippen molar-refractivity contribution in [3.63, 3.8) is 0 Å². The highest BCUT2D eigenvalue weighted by atomic mass is 19.4. The molecule has 0 saturated heterocycles. The summed E-state index contributed by atoms with van der Waals surface area (Å²) in [6, 6.07) is 8.74. The lowest BCUT2D eigenvalue weighted by Crippen LogP contribution is -2.36. The Kier molecular flexibility index (Phi) is 5.66. The summed E-state index contributed by atoms with van der Waals surface area (Å²) in [6.07, 6.45) is -2.01. The van der Waals surface area contributed by atoms with E-state index in [0.717, 1.165) is 29.9 Å². The van der Waals surface area contributed by atoms with Crippen LogP contribution >= 0.6 is 0 Å². The lowest BCUT2D eigenvalue weighted by molar-refractivity contribution is -0.137. The van der Waals surface area contributed by atoms with Crippen molar-refractivity contribution in [1.82, 2.24) is 19.9 Å². The van der Waals surface area contributed by atoms with E-state index >= 15 is 0 Å². The molecule has 0 unspecified atom stereocenters. The van der Waals surface area contributed by atoms with Gasteiger partial charge in [-0.25, -0.2) is 4.98 Å². The number of alkyl halides is 3. The van der Waals surface area contributed by atoms with Crippen LogP contribution in [0.4, 0.5) is 13.2 Å². The lowest BCUT2D eigenvalue weighted by atomic mass is 10.0. The maximum Gasteiger partial charge on any atom is 0.416 e.